The van der Waals surface area contributed by atoms with Crippen LogP contribution in [0, 0.1) is 10.8 Å². The van der Waals surface area contributed by atoms with Crippen LogP contribution in [-0.4, -0.2) is 5.16 Å². The van der Waals surface area contributed by atoms with Crippen molar-refractivity contribution in [3.63, 3.8) is 0 Å². The normalized spacial score (nSPS) is 27.3. The molecule has 0 N–H and O–H groups in total. The topological polar surface area (TPSA) is 12.4 Å². The first-order chi connectivity index (χ1) is 12.7. The summed E-state index contributed by atoms with van der Waals surface area (Å²) in [5.74, 6) is 0. The summed E-state index contributed by atoms with van der Waals surface area (Å²) in [4.78, 5) is 4.05. The zero-order valence-corrected chi connectivity index (χ0v) is 17.4. The van der Waals surface area contributed by atoms with E-state index in [1.54, 1.807) is 0 Å². The van der Waals surface area contributed by atoms with Crippen molar-refractivity contribution in [1.82, 2.24) is 0 Å². The molecule has 26 heavy (non-hydrogen) atoms. The monoisotopic (exact) mass is 369 g/mol. The SMILES string of the molecule is CCCCCCCC12CCC(CCc3ccc(N=C=S)cc3)(CC1)CC2. The number of hydrogen-bond acceptors (Lipinski definition) is 2. The van der Waals surface area contributed by atoms with Crippen molar-refractivity contribution < 1.29 is 0 Å². The number of isothiocyanates is 1. The Kier molecular flexibility index (Phi) is 7.06. The number of thiocarbonyl (C=S) groups is 1. The molecule has 0 radical (unpaired) electrons. The van der Waals surface area contributed by atoms with Crippen LogP contribution in [0.4, 0.5) is 5.69 Å². The van der Waals surface area contributed by atoms with Crippen molar-refractivity contribution in [2.75, 3.05) is 0 Å². The number of rotatable bonds is 10. The van der Waals surface area contributed by atoms with E-state index in [1.165, 1.54) is 95.5 Å². The third-order valence-corrected chi connectivity index (χ3v) is 7.51. The molecular formula is C24H35NS. The Bertz CT molecular complexity index is 587. The van der Waals surface area contributed by atoms with Crippen molar-refractivity contribution >= 4 is 23.1 Å². The minimum atomic E-state index is 0.648. The molecular weight excluding hydrogens is 334 g/mol. The van der Waals surface area contributed by atoms with Crippen LogP contribution in [0.2, 0.25) is 0 Å². The standard InChI is InChI=1S/C24H35NS/c1-2-3-4-5-6-12-23-14-17-24(18-15-23,19-16-23)13-11-21-7-9-22(10-8-21)25-20-26/h7-10H,2-6,11-19H2,1H3. The van der Waals surface area contributed by atoms with Gasteiger partial charge in [-0.25, -0.2) is 0 Å². The molecule has 0 amide bonds. The van der Waals surface area contributed by atoms with E-state index in [0.29, 0.717) is 5.41 Å². The summed E-state index contributed by atoms with van der Waals surface area (Å²) in [6.07, 6.45) is 20.2. The number of fused-ring (bicyclic) bond motifs is 3. The smallest absolute Gasteiger partial charge is 0.0739 e. The van der Waals surface area contributed by atoms with Gasteiger partial charge in [0.1, 0.15) is 0 Å². The summed E-state index contributed by atoms with van der Waals surface area (Å²) >= 11 is 4.68. The quantitative estimate of drug-likeness (QED) is 0.231. The summed E-state index contributed by atoms with van der Waals surface area (Å²) in [6, 6.07) is 8.57. The van der Waals surface area contributed by atoms with Gasteiger partial charge in [-0.2, -0.15) is 4.99 Å². The van der Waals surface area contributed by atoms with E-state index in [2.05, 4.69) is 53.6 Å². The van der Waals surface area contributed by atoms with Gasteiger partial charge in [-0.3, -0.25) is 0 Å². The highest BCUT2D eigenvalue weighted by Gasteiger charge is 2.47. The number of hydrogen-bond donors (Lipinski definition) is 0. The molecule has 3 aliphatic rings. The van der Waals surface area contributed by atoms with Gasteiger partial charge >= 0.3 is 0 Å². The molecule has 0 unspecified atom stereocenters. The van der Waals surface area contributed by atoms with Crippen LogP contribution in [0.25, 0.3) is 0 Å². The summed E-state index contributed by atoms with van der Waals surface area (Å²) in [5, 5.41) is 2.44. The van der Waals surface area contributed by atoms with Crippen molar-refractivity contribution in [2.45, 2.75) is 96.8 Å². The predicted octanol–water partition coefficient (Wildman–Crippen LogP) is 8.05. The van der Waals surface area contributed by atoms with Gasteiger partial charge in [0.25, 0.3) is 0 Å². The molecule has 0 aromatic heterocycles. The first-order valence-electron chi connectivity index (χ1n) is 10.9. The Balaban J connectivity index is 1.45. The fourth-order valence-electron chi connectivity index (χ4n) is 5.39. The van der Waals surface area contributed by atoms with E-state index >= 15 is 0 Å². The third-order valence-electron chi connectivity index (χ3n) is 7.42. The van der Waals surface area contributed by atoms with Gasteiger partial charge in [-0.15, -0.1) is 0 Å². The molecule has 0 heterocycles. The summed E-state index contributed by atoms with van der Waals surface area (Å²) in [5.41, 5.74) is 3.74. The van der Waals surface area contributed by atoms with E-state index in [-0.39, 0.29) is 0 Å². The van der Waals surface area contributed by atoms with Gasteiger partial charge < -0.3 is 0 Å². The van der Waals surface area contributed by atoms with Crippen LogP contribution in [0.5, 0.6) is 0 Å². The molecule has 0 saturated heterocycles. The van der Waals surface area contributed by atoms with E-state index in [4.69, 9.17) is 0 Å². The third kappa shape index (κ3) is 5.05. The summed E-state index contributed by atoms with van der Waals surface area (Å²) < 4.78 is 0. The Morgan fingerprint density at radius 1 is 0.846 bits per heavy atom. The lowest BCUT2D eigenvalue weighted by molar-refractivity contribution is -0.0205. The fraction of sp³-hybridized carbons (Fsp3) is 0.708. The van der Waals surface area contributed by atoms with Gasteiger partial charge in [0.05, 0.1) is 10.8 Å². The van der Waals surface area contributed by atoms with Crippen LogP contribution in [0.3, 0.4) is 0 Å². The number of aryl methyl sites for hydroxylation is 1. The molecule has 0 spiro atoms. The number of unbranched alkanes of at least 4 members (excludes halogenated alkanes) is 4. The maximum absolute atomic E-state index is 4.68. The van der Waals surface area contributed by atoms with Gasteiger partial charge in [-0.05, 0) is 98.5 Å². The maximum Gasteiger partial charge on any atom is 0.0739 e. The van der Waals surface area contributed by atoms with Crippen molar-refractivity contribution in [3.05, 3.63) is 29.8 Å². The lowest BCUT2D eigenvalue weighted by atomic mass is 9.51. The molecule has 0 aliphatic heterocycles. The zero-order valence-electron chi connectivity index (χ0n) is 16.6. The summed E-state index contributed by atoms with van der Waals surface area (Å²) in [6.45, 7) is 2.31. The molecule has 1 aromatic rings. The maximum atomic E-state index is 4.68. The zero-order chi connectivity index (χ0) is 18.3. The molecule has 0 atom stereocenters. The Hall–Kier alpha value is -0.980. The highest BCUT2D eigenvalue weighted by atomic mass is 32.1. The Morgan fingerprint density at radius 2 is 1.42 bits per heavy atom. The van der Waals surface area contributed by atoms with Gasteiger partial charge in [0.15, 0.2) is 0 Å². The predicted molar refractivity (Wildman–Crippen MR) is 115 cm³/mol. The Labute approximate surface area is 165 Å². The number of benzene rings is 1. The second kappa shape index (κ2) is 9.29. The minimum Gasteiger partial charge on any atom is -0.195 e. The second-order valence-corrected chi connectivity index (χ2v) is 9.22. The summed E-state index contributed by atoms with van der Waals surface area (Å²) in [7, 11) is 0. The van der Waals surface area contributed by atoms with Crippen LogP contribution in [0.15, 0.2) is 29.3 Å². The van der Waals surface area contributed by atoms with E-state index < -0.39 is 0 Å². The van der Waals surface area contributed by atoms with E-state index in [1.807, 2.05) is 0 Å². The number of nitrogens with zero attached hydrogens (tertiary/aromatic N) is 1. The number of aliphatic imine (C=N–C) groups is 1. The first kappa shape index (κ1) is 19.8. The lowest BCUT2D eigenvalue weighted by Crippen LogP contribution is -2.41. The Morgan fingerprint density at radius 3 is 2.00 bits per heavy atom. The van der Waals surface area contributed by atoms with Gasteiger partial charge in [0.2, 0.25) is 0 Å². The van der Waals surface area contributed by atoms with Crippen LogP contribution in [-0.2, 0) is 6.42 Å². The van der Waals surface area contributed by atoms with E-state index in [0.717, 1.165) is 11.1 Å². The molecule has 3 aliphatic carbocycles. The largest absolute Gasteiger partial charge is 0.195 e. The van der Waals surface area contributed by atoms with Crippen molar-refractivity contribution in [1.29, 1.82) is 0 Å². The average molecular weight is 370 g/mol. The molecule has 1 nitrogen and oxygen atoms in total. The van der Waals surface area contributed by atoms with E-state index in [9.17, 15) is 0 Å². The molecule has 1 aromatic carbocycles. The van der Waals surface area contributed by atoms with Crippen LogP contribution >= 0.6 is 12.2 Å². The average Bonchev–Trinajstić information content (AvgIpc) is 2.69. The van der Waals surface area contributed by atoms with Crippen molar-refractivity contribution in [2.24, 2.45) is 15.8 Å². The second-order valence-electron chi connectivity index (χ2n) is 9.03. The van der Waals surface area contributed by atoms with Crippen LogP contribution in [0.1, 0.15) is 96.0 Å². The molecule has 3 saturated carbocycles. The molecule has 2 bridgehead atoms. The molecule has 3 fully saturated rings. The highest BCUT2D eigenvalue weighted by molar-refractivity contribution is 7.78. The fourth-order valence-corrected chi connectivity index (χ4v) is 5.50. The van der Waals surface area contributed by atoms with Gasteiger partial charge in [-0.1, -0.05) is 51.2 Å². The van der Waals surface area contributed by atoms with Crippen molar-refractivity contribution in [3.8, 4) is 0 Å². The van der Waals surface area contributed by atoms with Crippen LogP contribution < -0.4 is 0 Å². The minimum absolute atomic E-state index is 0.648. The molecule has 142 valence electrons. The molecule has 2 heteroatoms. The molecule has 4 rings (SSSR count). The van der Waals surface area contributed by atoms with Gasteiger partial charge in [0, 0.05) is 0 Å². The highest BCUT2D eigenvalue weighted by Crippen LogP contribution is 2.60. The first-order valence-corrected chi connectivity index (χ1v) is 11.3. The lowest BCUT2D eigenvalue weighted by Gasteiger charge is -2.54.